The zero-order valence-corrected chi connectivity index (χ0v) is 18.5. The number of benzene rings is 2. The van der Waals surface area contributed by atoms with E-state index in [1.807, 2.05) is 24.3 Å². The second kappa shape index (κ2) is 10.5. The van der Waals surface area contributed by atoms with E-state index in [0.717, 1.165) is 17.8 Å². The number of hydrogen-bond acceptors (Lipinski definition) is 8. The van der Waals surface area contributed by atoms with Gasteiger partial charge in [0.25, 0.3) is 5.91 Å². The summed E-state index contributed by atoms with van der Waals surface area (Å²) in [5, 5.41) is 11.2. The monoisotopic (exact) mass is 460 g/mol. The van der Waals surface area contributed by atoms with Gasteiger partial charge < -0.3 is 14.8 Å². The smallest absolute Gasteiger partial charge is 0.342 e. The van der Waals surface area contributed by atoms with Gasteiger partial charge in [-0.3, -0.25) is 9.78 Å². The van der Waals surface area contributed by atoms with E-state index >= 15 is 0 Å². The lowest BCUT2D eigenvalue weighted by molar-refractivity contribution is 0.0468. The minimum Gasteiger partial charge on any atom is -0.455 e. The van der Waals surface area contributed by atoms with E-state index in [4.69, 9.17) is 9.47 Å². The SMILES string of the molecule is CCc1ccc(NC(=O)c2nnc(COC(=O)c3ccccc3Oc3cccnc3)s2)cc1. The molecule has 9 heteroatoms. The fraction of sp³-hybridized carbons (Fsp3) is 0.125. The van der Waals surface area contributed by atoms with Crippen LogP contribution in [-0.4, -0.2) is 27.1 Å². The Labute approximate surface area is 194 Å². The van der Waals surface area contributed by atoms with Crippen LogP contribution in [0.4, 0.5) is 5.69 Å². The summed E-state index contributed by atoms with van der Waals surface area (Å²) in [5.41, 5.74) is 2.12. The molecule has 0 aliphatic carbocycles. The van der Waals surface area contributed by atoms with E-state index in [1.165, 1.54) is 5.56 Å². The van der Waals surface area contributed by atoms with Crippen LogP contribution in [0.3, 0.4) is 0 Å². The third-order valence-electron chi connectivity index (χ3n) is 4.58. The number of para-hydroxylation sites is 1. The van der Waals surface area contributed by atoms with Crippen LogP contribution in [0.25, 0.3) is 0 Å². The molecule has 1 N–H and O–H groups in total. The van der Waals surface area contributed by atoms with Gasteiger partial charge in [-0.2, -0.15) is 0 Å². The Balaban J connectivity index is 1.36. The summed E-state index contributed by atoms with van der Waals surface area (Å²) in [6.07, 6.45) is 4.10. The number of hydrogen-bond donors (Lipinski definition) is 1. The molecule has 166 valence electrons. The molecule has 8 nitrogen and oxygen atoms in total. The summed E-state index contributed by atoms with van der Waals surface area (Å²) in [6.45, 7) is 1.95. The van der Waals surface area contributed by atoms with Crippen LogP contribution in [0.1, 0.15) is 37.7 Å². The van der Waals surface area contributed by atoms with E-state index in [0.29, 0.717) is 22.2 Å². The number of carbonyl (C=O) groups excluding carboxylic acids is 2. The van der Waals surface area contributed by atoms with Crippen molar-refractivity contribution in [2.45, 2.75) is 20.0 Å². The first-order valence-electron chi connectivity index (χ1n) is 10.2. The highest BCUT2D eigenvalue weighted by Gasteiger charge is 2.17. The molecule has 0 aliphatic rings. The van der Waals surface area contributed by atoms with Gasteiger partial charge >= 0.3 is 5.97 Å². The lowest BCUT2D eigenvalue weighted by atomic mass is 10.1. The standard InChI is InChI=1S/C24H20N4O4S/c1-2-16-9-11-17(12-10-16)26-22(29)23-28-27-21(33-23)15-31-24(30)19-7-3-4-8-20(19)32-18-6-5-13-25-14-18/h3-14H,2,15H2,1H3,(H,26,29). The van der Waals surface area contributed by atoms with Crippen molar-refractivity contribution >= 4 is 28.9 Å². The number of pyridine rings is 1. The highest BCUT2D eigenvalue weighted by molar-refractivity contribution is 7.13. The van der Waals surface area contributed by atoms with Crippen LogP contribution >= 0.6 is 11.3 Å². The largest absolute Gasteiger partial charge is 0.455 e. The number of ether oxygens (including phenoxy) is 2. The summed E-state index contributed by atoms with van der Waals surface area (Å²) in [5.74, 6) is -0.0972. The average molecular weight is 461 g/mol. The van der Waals surface area contributed by atoms with Crippen molar-refractivity contribution in [2.75, 3.05) is 5.32 Å². The number of esters is 1. The number of aryl methyl sites for hydroxylation is 1. The molecule has 33 heavy (non-hydrogen) atoms. The molecule has 0 unspecified atom stereocenters. The minimum absolute atomic E-state index is 0.115. The van der Waals surface area contributed by atoms with Crippen LogP contribution in [-0.2, 0) is 17.8 Å². The molecule has 0 atom stereocenters. The molecule has 0 radical (unpaired) electrons. The van der Waals surface area contributed by atoms with E-state index in [2.05, 4.69) is 27.4 Å². The number of amides is 1. The zero-order chi connectivity index (χ0) is 23.0. The molecule has 2 heterocycles. The first-order valence-corrected chi connectivity index (χ1v) is 11.0. The topological polar surface area (TPSA) is 103 Å². The summed E-state index contributed by atoms with van der Waals surface area (Å²) >= 11 is 1.06. The molecular formula is C24H20N4O4S. The Bertz CT molecular complexity index is 1240. The quantitative estimate of drug-likeness (QED) is 0.373. The predicted octanol–water partition coefficient (Wildman–Crippen LogP) is 4.90. The average Bonchev–Trinajstić information content (AvgIpc) is 3.33. The van der Waals surface area contributed by atoms with Crippen molar-refractivity contribution < 1.29 is 19.1 Å². The number of nitrogens with one attached hydrogen (secondary N) is 1. The van der Waals surface area contributed by atoms with Crippen LogP contribution in [0.5, 0.6) is 11.5 Å². The van der Waals surface area contributed by atoms with Crippen molar-refractivity contribution in [3.05, 3.63) is 94.2 Å². The van der Waals surface area contributed by atoms with E-state index in [9.17, 15) is 9.59 Å². The van der Waals surface area contributed by atoms with Crippen molar-refractivity contribution in [1.29, 1.82) is 0 Å². The van der Waals surface area contributed by atoms with E-state index < -0.39 is 5.97 Å². The van der Waals surface area contributed by atoms with Crippen LogP contribution in [0.15, 0.2) is 73.1 Å². The first-order chi connectivity index (χ1) is 16.1. The lowest BCUT2D eigenvalue weighted by Crippen LogP contribution is -2.11. The summed E-state index contributed by atoms with van der Waals surface area (Å²) < 4.78 is 11.1. The number of rotatable bonds is 8. The molecule has 0 spiro atoms. The van der Waals surface area contributed by atoms with Gasteiger partial charge in [-0.1, -0.05) is 42.5 Å². The van der Waals surface area contributed by atoms with Crippen molar-refractivity contribution in [1.82, 2.24) is 15.2 Å². The molecule has 0 saturated heterocycles. The number of nitrogens with zero attached hydrogens (tertiary/aromatic N) is 3. The maximum absolute atomic E-state index is 12.6. The molecule has 4 rings (SSSR count). The van der Waals surface area contributed by atoms with Gasteiger partial charge in [-0.15, -0.1) is 10.2 Å². The predicted molar refractivity (Wildman–Crippen MR) is 124 cm³/mol. The summed E-state index contributed by atoms with van der Waals surface area (Å²) in [7, 11) is 0. The number of anilines is 1. The zero-order valence-electron chi connectivity index (χ0n) is 17.7. The van der Waals surface area contributed by atoms with E-state index in [-0.39, 0.29) is 23.1 Å². The van der Waals surface area contributed by atoms with Crippen molar-refractivity contribution in [3.63, 3.8) is 0 Å². The summed E-state index contributed by atoms with van der Waals surface area (Å²) in [4.78, 5) is 29.0. The molecule has 0 aliphatic heterocycles. The maximum Gasteiger partial charge on any atom is 0.342 e. The Morgan fingerprint density at radius 1 is 1.00 bits per heavy atom. The van der Waals surface area contributed by atoms with Gasteiger partial charge in [0.1, 0.15) is 23.7 Å². The maximum atomic E-state index is 12.6. The Kier molecular flexibility index (Phi) is 7.01. The van der Waals surface area contributed by atoms with Crippen LogP contribution in [0.2, 0.25) is 0 Å². The molecule has 0 bridgehead atoms. The number of aromatic nitrogens is 3. The van der Waals surface area contributed by atoms with Gasteiger partial charge in [0.05, 0.1) is 6.20 Å². The van der Waals surface area contributed by atoms with Gasteiger partial charge in [0, 0.05) is 11.9 Å². The second-order valence-corrected chi connectivity index (χ2v) is 7.93. The first kappa shape index (κ1) is 22.1. The normalized spacial score (nSPS) is 10.5. The fourth-order valence-electron chi connectivity index (χ4n) is 2.88. The number of carbonyl (C=O) groups is 2. The third kappa shape index (κ3) is 5.78. The Morgan fingerprint density at radius 3 is 2.58 bits per heavy atom. The second-order valence-electron chi connectivity index (χ2n) is 6.87. The van der Waals surface area contributed by atoms with Gasteiger partial charge in [0.15, 0.2) is 5.01 Å². The van der Waals surface area contributed by atoms with Gasteiger partial charge in [-0.05, 0) is 48.4 Å². The van der Waals surface area contributed by atoms with E-state index in [1.54, 1.807) is 48.8 Å². The van der Waals surface area contributed by atoms with Crippen molar-refractivity contribution in [2.24, 2.45) is 0 Å². The third-order valence-corrected chi connectivity index (χ3v) is 5.47. The lowest BCUT2D eigenvalue weighted by Gasteiger charge is -2.10. The Morgan fingerprint density at radius 2 is 1.82 bits per heavy atom. The van der Waals surface area contributed by atoms with Gasteiger partial charge in [-0.25, -0.2) is 4.79 Å². The van der Waals surface area contributed by atoms with Crippen LogP contribution in [0, 0.1) is 0 Å². The molecule has 4 aromatic rings. The minimum atomic E-state index is -0.577. The molecule has 0 saturated carbocycles. The van der Waals surface area contributed by atoms with Crippen LogP contribution < -0.4 is 10.1 Å². The Hall–Kier alpha value is -4.11. The molecule has 2 aromatic heterocycles. The fourth-order valence-corrected chi connectivity index (χ4v) is 3.52. The molecule has 0 fully saturated rings. The van der Waals surface area contributed by atoms with Crippen molar-refractivity contribution in [3.8, 4) is 11.5 Å². The highest BCUT2D eigenvalue weighted by Crippen LogP contribution is 2.25. The molecular weight excluding hydrogens is 440 g/mol. The summed E-state index contributed by atoms with van der Waals surface area (Å²) in [6, 6.07) is 17.8. The van der Waals surface area contributed by atoms with Gasteiger partial charge in [0.2, 0.25) is 5.01 Å². The molecule has 1 amide bonds. The highest BCUT2D eigenvalue weighted by atomic mass is 32.1. The molecule has 2 aromatic carbocycles.